The van der Waals surface area contributed by atoms with E-state index in [9.17, 15) is 5.11 Å². The molecule has 100 valence electrons. The Kier molecular flexibility index (Phi) is 3.88. The molecule has 0 saturated heterocycles. The van der Waals surface area contributed by atoms with E-state index >= 15 is 0 Å². The van der Waals surface area contributed by atoms with Crippen LogP contribution in [0.1, 0.15) is 38.0 Å². The van der Waals surface area contributed by atoms with Gasteiger partial charge in [-0.05, 0) is 24.8 Å². The second kappa shape index (κ2) is 5.24. The summed E-state index contributed by atoms with van der Waals surface area (Å²) in [5.74, 6) is 1.15. The van der Waals surface area contributed by atoms with Crippen LogP contribution in [-0.4, -0.2) is 23.7 Å². The molecule has 0 amide bonds. The van der Waals surface area contributed by atoms with Crippen LogP contribution >= 0.6 is 0 Å². The molecular weight excluding hydrogens is 228 g/mol. The van der Waals surface area contributed by atoms with Gasteiger partial charge in [0, 0.05) is 18.0 Å². The minimum Gasteiger partial charge on any atom is -0.481 e. The first-order valence-corrected chi connectivity index (χ1v) is 6.50. The van der Waals surface area contributed by atoms with E-state index < -0.39 is 6.10 Å². The van der Waals surface area contributed by atoms with Crippen molar-refractivity contribution in [1.82, 2.24) is 4.98 Å². The molecule has 1 heterocycles. The summed E-state index contributed by atoms with van der Waals surface area (Å²) >= 11 is 0. The molecule has 1 aliphatic carbocycles. The molecule has 18 heavy (non-hydrogen) atoms. The molecule has 0 aliphatic heterocycles. The standard InChI is InChI=1S/C14H22N2O2/c1-10-6-7-14(8-10,9-15)13(17)11-4-3-5-12(16-11)18-2/h3-5,10,13,17H,6-9,15H2,1-2H3. The van der Waals surface area contributed by atoms with Crippen LogP contribution in [0.5, 0.6) is 5.88 Å². The number of pyridine rings is 1. The average molecular weight is 250 g/mol. The van der Waals surface area contributed by atoms with Gasteiger partial charge in [0.05, 0.1) is 12.8 Å². The van der Waals surface area contributed by atoms with Gasteiger partial charge in [-0.2, -0.15) is 0 Å². The SMILES string of the molecule is COc1cccc(C(O)C2(CN)CCC(C)C2)n1. The van der Waals surface area contributed by atoms with E-state index in [-0.39, 0.29) is 5.41 Å². The van der Waals surface area contributed by atoms with Crippen molar-refractivity contribution in [3.05, 3.63) is 23.9 Å². The second-order valence-electron chi connectivity index (χ2n) is 5.42. The van der Waals surface area contributed by atoms with Crippen LogP contribution in [0, 0.1) is 11.3 Å². The molecule has 1 aliphatic rings. The summed E-state index contributed by atoms with van der Waals surface area (Å²) in [6.07, 6.45) is 2.44. The van der Waals surface area contributed by atoms with Crippen LogP contribution in [0.15, 0.2) is 18.2 Å². The summed E-state index contributed by atoms with van der Waals surface area (Å²) in [6, 6.07) is 5.48. The lowest BCUT2D eigenvalue weighted by molar-refractivity contribution is 0.0271. The van der Waals surface area contributed by atoms with Crippen molar-refractivity contribution in [3.63, 3.8) is 0 Å². The zero-order valence-electron chi connectivity index (χ0n) is 11.1. The van der Waals surface area contributed by atoms with Crippen molar-refractivity contribution >= 4 is 0 Å². The Labute approximate surface area is 108 Å². The maximum atomic E-state index is 10.6. The number of aliphatic hydroxyl groups excluding tert-OH is 1. The minimum absolute atomic E-state index is 0.223. The van der Waals surface area contributed by atoms with Gasteiger partial charge in [-0.3, -0.25) is 0 Å². The van der Waals surface area contributed by atoms with E-state index in [1.54, 1.807) is 13.2 Å². The highest BCUT2D eigenvalue weighted by Gasteiger charge is 2.43. The van der Waals surface area contributed by atoms with Crippen molar-refractivity contribution in [2.24, 2.45) is 17.1 Å². The average Bonchev–Trinajstić information content (AvgIpc) is 2.81. The Bertz CT molecular complexity index is 411. The lowest BCUT2D eigenvalue weighted by Crippen LogP contribution is -2.35. The molecule has 0 aromatic carbocycles. The van der Waals surface area contributed by atoms with E-state index in [1.807, 2.05) is 12.1 Å². The van der Waals surface area contributed by atoms with E-state index in [2.05, 4.69) is 11.9 Å². The molecule has 2 rings (SSSR count). The molecular formula is C14H22N2O2. The van der Waals surface area contributed by atoms with Crippen LogP contribution in [0.25, 0.3) is 0 Å². The number of nitrogens with two attached hydrogens (primary N) is 1. The minimum atomic E-state index is -0.609. The van der Waals surface area contributed by atoms with Gasteiger partial charge in [0.25, 0.3) is 0 Å². The van der Waals surface area contributed by atoms with Crippen molar-refractivity contribution in [3.8, 4) is 5.88 Å². The fourth-order valence-corrected chi connectivity index (χ4v) is 2.99. The number of methoxy groups -OCH3 is 1. The zero-order chi connectivity index (χ0) is 13.2. The Morgan fingerprint density at radius 3 is 2.94 bits per heavy atom. The number of aromatic nitrogens is 1. The van der Waals surface area contributed by atoms with Gasteiger partial charge < -0.3 is 15.6 Å². The van der Waals surface area contributed by atoms with Gasteiger partial charge in [0.2, 0.25) is 5.88 Å². The maximum absolute atomic E-state index is 10.6. The summed E-state index contributed by atoms with van der Waals surface area (Å²) in [5, 5.41) is 10.6. The summed E-state index contributed by atoms with van der Waals surface area (Å²) in [7, 11) is 1.58. The van der Waals surface area contributed by atoms with Crippen molar-refractivity contribution < 1.29 is 9.84 Å². The van der Waals surface area contributed by atoms with Crippen molar-refractivity contribution in [2.75, 3.05) is 13.7 Å². The molecule has 4 nitrogen and oxygen atoms in total. The third-order valence-corrected chi connectivity index (χ3v) is 4.11. The van der Waals surface area contributed by atoms with Gasteiger partial charge in [0.15, 0.2) is 0 Å². The third-order valence-electron chi connectivity index (χ3n) is 4.11. The van der Waals surface area contributed by atoms with Gasteiger partial charge in [-0.1, -0.05) is 19.4 Å². The molecule has 3 atom stereocenters. The molecule has 0 bridgehead atoms. The summed E-state index contributed by atoms with van der Waals surface area (Å²) < 4.78 is 5.10. The molecule has 1 fully saturated rings. The molecule has 0 spiro atoms. The van der Waals surface area contributed by atoms with Gasteiger partial charge >= 0.3 is 0 Å². The highest BCUT2D eigenvalue weighted by molar-refractivity contribution is 5.19. The predicted molar refractivity (Wildman–Crippen MR) is 70.3 cm³/mol. The number of ether oxygens (including phenoxy) is 1. The topological polar surface area (TPSA) is 68.4 Å². The molecule has 0 radical (unpaired) electrons. The van der Waals surface area contributed by atoms with Gasteiger partial charge in [0.1, 0.15) is 6.10 Å². The quantitative estimate of drug-likeness (QED) is 0.856. The molecule has 3 unspecified atom stereocenters. The number of hydrogen-bond donors (Lipinski definition) is 2. The van der Waals surface area contributed by atoms with Crippen LogP contribution in [0.2, 0.25) is 0 Å². The summed E-state index contributed by atoms with van der Waals surface area (Å²) in [5.41, 5.74) is 6.36. The smallest absolute Gasteiger partial charge is 0.213 e. The first-order chi connectivity index (χ1) is 8.61. The lowest BCUT2D eigenvalue weighted by Gasteiger charge is -2.33. The number of aliphatic hydroxyl groups is 1. The number of nitrogens with zero attached hydrogens (tertiary/aromatic N) is 1. The summed E-state index contributed by atoms with van der Waals surface area (Å²) in [4.78, 5) is 4.33. The van der Waals surface area contributed by atoms with Crippen LogP contribution < -0.4 is 10.5 Å². The number of hydrogen-bond acceptors (Lipinski definition) is 4. The Morgan fingerprint density at radius 2 is 2.39 bits per heavy atom. The molecule has 3 N–H and O–H groups in total. The fraction of sp³-hybridized carbons (Fsp3) is 0.643. The monoisotopic (exact) mass is 250 g/mol. The normalized spacial score (nSPS) is 29.2. The predicted octanol–water partition coefficient (Wildman–Crippen LogP) is 1.89. The lowest BCUT2D eigenvalue weighted by atomic mass is 9.78. The fourth-order valence-electron chi connectivity index (χ4n) is 2.99. The van der Waals surface area contributed by atoms with E-state index in [0.29, 0.717) is 24.0 Å². The third kappa shape index (κ3) is 2.35. The Morgan fingerprint density at radius 1 is 1.61 bits per heavy atom. The van der Waals surface area contributed by atoms with Crippen molar-refractivity contribution in [1.29, 1.82) is 0 Å². The highest BCUT2D eigenvalue weighted by atomic mass is 16.5. The molecule has 1 aromatic heterocycles. The van der Waals surface area contributed by atoms with Gasteiger partial charge in [-0.15, -0.1) is 0 Å². The first kappa shape index (κ1) is 13.3. The van der Waals surface area contributed by atoms with Crippen molar-refractivity contribution in [2.45, 2.75) is 32.3 Å². The first-order valence-electron chi connectivity index (χ1n) is 6.50. The second-order valence-corrected chi connectivity index (χ2v) is 5.42. The number of rotatable bonds is 4. The highest BCUT2D eigenvalue weighted by Crippen LogP contribution is 2.48. The Hall–Kier alpha value is -1.13. The molecule has 1 saturated carbocycles. The van der Waals surface area contributed by atoms with Crippen LogP contribution in [0.3, 0.4) is 0 Å². The van der Waals surface area contributed by atoms with E-state index in [4.69, 9.17) is 10.5 Å². The molecule has 1 aromatic rings. The van der Waals surface area contributed by atoms with E-state index in [1.165, 1.54) is 0 Å². The van der Waals surface area contributed by atoms with Gasteiger partial charge in [-0.25, -0.2) is 4.98 Å². The summed E-state index contributed by atoms with van der Waals surface area (Å²) in [6.45, 7) is 2.71. The maximum Gasteiger partial charge on any atom is 0.213 e. The van der Waals surface area contributed by atoms with E-state index in [0.717, 1.165) is 19.3 Å². The Balaban J connectivity index is 2.25. The largest absolute Gasteiger partial charge is 0.481 e. The van der Waals surface area contributed by atoms with Crippen LogP contribution in [0.4, 0.5) is 0 Å². The molecule has 4 heteroatoms. The zero-order valence-corrected chi connectivity index (χ0v) is 11.1. The van der Waals surface area contributed by atoms with Crippen LogP contribution in [-0.2, 0) is 0 Å².